The summed E-state index contributed by atoms with van der Waals surface area (Å²) < 4.78 is 0. The van der Waals surface area contributed by atoms with E-state index in [1.807, 2.05) is 0 Å². The van der Waals surface area contributed by atoms with Crippen LogP contribution in [-0.2, 0) is 4.79 Å². The fraction of sp³-hybridized carbons (Fsp3) is 0.950. The Labute approximate surface area is 138 Å². The molecule has 0 spiro atoms. The first-order valence-corrected chi connectivity index (χ1v) is 9.89. The Morgan fingerprint density at radius 1 is 0.909 bits per heavy atom. The molecule has 1 rings (SSSR count). The van der Waals surface area contributed by atoms with Crippen molar-refractivity contribution in [2.75, 3.05) is 0 Å². The summed E-state index contributed by atoms with van der Waals surface area (Å²) >= 11 is 0. The van der Waals surface area contributed by atoms with E-state index < -0.39 is 5.97 Å². The Kier molecular flexibility index (Phi) is 9.82. The van der Waals surface area contributed by atoms with Gasteiger partial charge in [0.1, 0.15) is 0 Å². The number of hydrogen-bond acceptors (Lipinski definition) is 1. The number of rotatable bonds is 13. The largest absolute Gasteiger partial charge is 0.481 e. The maximum Gasteiger partial charge on any atom is 0.307 e. The second-order valence-electron chi connectivity index (χ2n) is 7.45. The van der Waals surface area contributed by atoms with Crippen molar-refractivity contribution in [2.45, 2.75) is 110 Å². The van der Waals surface area contributed by atoms with Crippen LogP contribution in [0.4, 0.5) is 0 Å². The third-order valence-corrected chi connectivity index (χ3v) is 5.82. The monoisotopic (exact) mass is 310 g/mol. The van der Waals surface area contributed by atoms with E-state index in [0.717, 1.165) is 25.7 Å². The third-order valence-electron chi connectivity index (χ3n) is 5.82. The molecule has 1 fully saturated rings. The molecule has 2 nitrogen and oxygen atoms in total. The van der Waals surface area contributed by atoms with Gasteiger partial charge in [-0.15, -0.1) is 0 Å². The molecule has 0 heterocycles. The highest BCUT2D eigenvalue weighted by Crippen LogP contribution is 2.49. The molecule has 0 bridgehead atoms. The van der Waals surface area contributed by atoms with Crippen molar-refractivity contribution in [3.8, 4) is 0 Å². The van der Waals surface area contributed by atoms with Crippen LogP contribution in [0.2, 0.25) is 0 Å². The molecule has 0 aliphatic heterocycles. The third kappa shape index (κ3) is 6.30. The maximum absolute atomic E-state index is 11.6. The number of carboxylic acids is 1. The first-order chi connectivity index (χ1) is 10.7. The fourth-order valence-electron chi connectivity index (χ4n) is 4.51. The molecule has 0 aromatic rings. The lowest BCUT2D eigenvalue weighted by Crippen LogP contribution is -2.33. The predicted molar refractivity (Wildman–Crippen MR) is 94.2 cm³/mol. The molecule has 1 N–H and O–H groups in total. The highest BCUT2D eigenvalue weighted by Gasteiger charge is 2.43. The first kappa shape index (κ1) is 19.5. The molecule has 0 radical (unpaired) electrons. The van der Waals surface area contributed by atoms with Crippen molar-refractivity contribution in [2.24, 2.45) is 11.3 Å². The second kappa shape index (κ2) is 11.1. The summed E-state index contributed by atoms with van der Waals surface area (Å²) in [6, 6.07) is 0. The molecule has 1 unspecified atom stereocenters. The van der Waals surface area contributed by atoms with E-state index in [0.29, 0.717) is 0 Å². The van der Waals surface area contributed by atoms with E-state index in [1.54, 1.807) is 0 Å². The van der Waals surface area contributed by atoms with Crippen LogP contribution in [0.3, 0.4) is 0 Å². The lowest BCUT2D eigenvalue weighted by molar-refractivity contribution is -0.147. The number of carboxylic acid groups (broad SMARTS) is 1. The molecule has 0 saturated heterocycles. The van der Waals surface area contributed by atoms with Gasteiger partial charge in [-0.1, -0.05) is 84.5 Å². The van der Waals surface area contributed by atoms with Crippen LogP contribution in [0.25, 0.3) is 0 Å². The lowest BCUT2D eigenvalue weighted by Gasteiger charge is -2.35. The van der Waals surface area contributed by atoms with Gasteiger partial charge in [-0.25, -0.2) is 0 Å². The molecule has 1 saturated carbocycles. The van der Waals surface area contributed by atoms with Crippen LogP contribution in [0.1, 0.15) is 110 Å². The standard InChI is InChI=1S/C20H38O2/c1-3-5-6-7-8-9-10-11-12-15-20(16-13-14-17-20)18(4-2)19(21)22/h18H,3-17H2,1-2H3,(H,21,22). The Bertz CT molecular complexity index is 292. The average molecular weight is 311 g/mol. The summed E-state index contributed by atoms with van der Waals surface area (Å²) in [5.41, 5.74) is 0.127. The second-order valence-corrected chi connectivity index (χ2v) is 7.45. The summed E-state index contributed by atoms with van der Waals surface area (Å²) in [7, 11) is 0. The van der Waals surface area contributed by atoms with E-state index in [4.69, 9.17) is 0 Å². The van der Waals surface area contributed by atoms with Gasteiger partial charge in [0.25, 0.3) is 0 Å². The van der Waals surface area contributed by atoms with Gasteiger partial charge in [0, 0.05) is 0 Å². The van der Waals surface area contributed by atoms with Crippen molar-refractivity contribution >= 4 is 5.97 Å². The van der Waals surface area contributed by atoms with E-state index in [-0.39, 0.29) is 11.3 Å². The minimum atomic E-state index is -0.555. The molecule has 2 heteroatoms. The van der Waals surface area contributed by atoms with Gasteiger partial charge in [-0.2, -0.15) is 0 Å². The zero-order valence-corrected chi connectivity index (χ0v) is 15.0. The molecule has 1 aliphatic rings. The zero-order chi connectivity index (χ0) is 16.3. The van der Waals surface area contributed by atoms with Crippen LogP contribution < -0.4 is 0 Å². The minimum absolute atomic E-state index is 0.107. The Balaban J connectivity index is 2.21. The van der Waals surface area contributed by atoms with E-state index >= 15 is 0 Å². The fourth-order valence-corrected chi connectivity index (χ4v) is 4.51. The van der Waals surface area contributed by atoms with Crippen molar-refractivity contribution < 1.29 is 9.90 Å². The van der Waals surface area contributed by atoms with Gasteiger partial charge in [-0.05, 0) is 31.1 Å². The van der Waals surface area contributed by atoms with Crippen LogP contribution in [-0.4, -0.2) is 11.1 Å². The normalized spacial score (nSPS) is 18.5. The highest BCUT2D eigenvalue weighted by atomic mass is 16.4. The quantitative estimate of drug-likeness (QED) is 0.390. The first-order valence-electron chi connectivity index (χ1n) is 9.89. The van der Waals surface area contributed by atoms with Gasteiger partial charge in [0.15, 0.2) is 0 Å². The highest BCUT2D eigenvalue weighted by molar-refractivity contribution is 5.71. The van der Waals surface area contributed by atoms with Gasteiger partial charge in [-0.3, -0.25) is 4.79 Å². The molecule has 22 heavy (non-hydrogen) atoms. The van der Waals surface area contributed by atoms with E-state index in [1.165, 1.54) is 70.6 Å². The Hall–Kier alpha value is -0.530. The van der Waals surface area contributed by atoms with Crippen LogP contribution in [0, 0.1) is 11.3 Å². The molecule has 0 aromatic carbocycles. The predicted octanol–water partition coefficient (Wildman–Crippen LogP) is 6.58. The van der Waals surface area contributed by atoms with Crippen LogP contribution in [0.5, 0.6) is 0 Å². The number of aliphatic carboxylic acids is 1. The molecule has 1 aliphatic carbocycles. The molecular formula is C20H38O2. The van der Waals surface area contributed by atoms with Crippen LogP contribution >= 0.6 is 0 Å². The Morgan fingerprint density at radius 2 is 1.41 bits per heavy atom. The van der Waals surface area contributed by atoms with Crippen molar-refractivity contribution in [1.29, 1.82) is 0 Å². The molecule has 1 atom stereocenters. The maximum atomic E-state index is 11.6. The van der Waals surface area contributed by atoms with Crippen molar-refractivity contribution in [3.05, 3.63) is 0 Å². The SMILES string of the molecule is CCCCCCCCCCCC1(C(CC)C(=O)O)CCCC1. The van der Waals surface area contributed by atoms with Crippen LogP contribution in [0.15, 0.2) is 0 Å². The number of unbranched alkanes of at least 4 members (excludes halogenated alkanes) is 8. The smallest absolute Gasteiger partial charge is 0.307 e. The summed E-state index contributed by atoms with van der Waals surface area (Å²) in [6.45, 7) is 4.31. The van der Waals surface area contributed by atoms with E-state index in [9.17, 15) is 9.90 Å². The zero-order valence-electron chi connectivity index (χ0n) is 15.0. The lowest BCUT2D eigenvalue weighted by atomic mass is 9.69. The Morgan fingerprint density at radius 3 is 1.86 bits per heavy atom. The van der Waals surface area contributed by atoms with Gasteiger partial charge >= 0.3 is 5.97 Å². The van der Waals surface area contributed by atoms with Gasteiger partial charge in [0.2, 0.25) is 0 Å². The topological polar surface area (TPSA) is 37.3 Å². The molecule has 0 aromatic heterocycles. The van der Waals surface area contributed by atoms with Crippen molar-refractivity contribution in [3.63, 3.8) is 0 Å². The molecular weight excluding hydrogens is 272 g/mol. The van der Waals surface area contributed by atoms with Crippen molar-refractivity contribution in [1.82, 2.24) is 0 Å². The summed E-state index contributed by atoms with van der Waals surface area (Å²) in [6.07, 6.45) is 18.8. The summed E-state index contributed by atoms with van der Waals surface area (Å²) in [5.74, 6) is -0.663. The number of carbonyl (C=O) groups is 1. The number of hydrogen-bond donors (Lipinski definition) is 1. The van der Waals surface area contributed by atoms with E-state index in [2.05, 4.69) is 13.8 Å². The average Bonchev–Trinajstić information content (AvgIpc) is 2.95. The molecule has 0 amide bonds. The summed E-state index contributed by atoms with van der Waals surface area (Å²) in [4.78, 5) is 11.6. The van der Waals surface area contributed by atoms with Gasteiger partial charge in [0.05, 0.1) is 5.92 Å². The molecule has 130 valence electrons. The van der Waals surface area contributed by atoms with Gasteiger partial charge < -0.3 is 5.11 Å². The summed E-state index contributed by atoms with van der Waals surface area (Å²) in [5, 5.41) is 9.54. The minimum Gasteiger partial charge on any atom is -0.481 e.